The van der Waals surface area contributed by atoms with Crippen molar-refractivity contribution in [1.82, 2.24) is 4.90 Å². The molecule has 0 saturated carbocycles. The fourth-order valence-electron chi connectivity index (χ4n) is 2.64. The van der Waals surface area contributed by atoms with Gasteiger partial charge in [0.1, 0.15) is 0 Å². The summed E-state index contributed by atoms with van der Waals surface area (Å²) in [6.07, 6.45) is 0.0617. The molecule has 136 valence electrons. The van der Waals surface area contributed by atoms with Gasteiger partial charge < -0.3 is 9.64 Å². The second-order valence-corrected chi connectivity index (χ2v) is 6.15. The fourth-order valence-corrected chi connectivity index (χ4v) is 2.64. The number of benzene rings is 1. The third-order valence-electron chi connectivity index (χ3n) is 4.00. The smallest absolute Gasteiger partial charge is 0.416 e. The van der Waals surface area contributed by atoms with Crippen molar-refractivity contribution in [1.29, 1.82) is 0 Å². The van der Waals surface area contributed by atoms with E-state index in [0.29, 0.717) is 24.6 Å². The van der Waals surface area contributed by atoms with Crippen molar-refractivity contribution in [3.05, 3.63) is 41.5 Å². The molecule has 1 fully saturated rings. The molecule has 0 bridgehead atoms. The Morgan fingerprint density at radius 2 is 1.96 bits per heavy atom. The molecule has 0 aromatic heterocycles. The fraction of sp³-hybridized carbons (Fsp3) is 0.444. The van der Waals surface area contributed by atoms with Crippen molar-refractivity contribution in [2.75, 3.05) is 19.7 Å². The summed E-state index contributed by atoms with van der Waals surface area (Å²) in [6, 6.07) is 4.39. The van der Waals surface area contributed by atoms with Crippen LogP contribution in [0.15, 0.2) is 30.3 Å². The van der Waals surface area contributed by atoms with Gasteiger partial charge >= 0.3 is 12.1 Å². The van der Waals surface area contributed by atoms with Gasteiger partial charge in [0.2, 0.25) is 0 Å². The van der Waals surface area contributed by atoms with E-state index in [-0.39, 0.29) is 12.5 Å². The number of piperidine rings is 1. The number of hydrogen-bond acceptors (Lipinski definition) is 3. The summed E-state index contributed by atoms with van der Waals surface area (Å²) in [5.74, 6) is -0.505. The maximum absolute atomic E-state index is 12.5. The maximum atomic E-state index is 12.5. The van der Waals surface area contributed by atoms with Crippen LogP contribution in [0.5, 0.6) is 0 Å². The Morgan fingerprint density at radius 3 is 2.56 bits per heavy atom. The SMILES string of the molecule is C[C@@H]1CCCN(C(=O)COC(=O)/C=C/c2ccc(C(F)(F)F)cc2)C1. The van der Waals surface area contributed by atoms with E-state index < -0.39 is 17.7 Å². The molecule has 0 aliphatic carbocycles. The first-order valence-corrected chi connectivity index (χ1v) is 8.05. The van der Waals surface area contributed by atoms with Crippen LogP contribution in [0.3, 0.4) is 0 Å². The zero-order valence-corrected chi connectivity index (χ0v) is 13.9. The number of ether oxygens (including phenoxy) is 1. The van der Waals surface area contributed by atoms with E-state index in [9.17, 15) is 22.8 Å². The zero-order valence-electron chi connectivity index (χ0n) is 13.9. The van der Waals surface area contributed by atoms with Gasteiger partial charge in [-0.2, -0.15) is 13.2 Å². The molecule has 0 radical (unpaired) electrons. The predicted octanol–water partition coefficient (Wildman–Crippen LogP) is 3.52. The predicted molar refractivity (Wildman–Crippen MR) is 86.4 cm³/mol. The Bertz CT molecular complexity index is 638. The largest absolute Gasteiger partial charge is 0.452 e. The number of rotatable bonds is 4. The summed E-state index contributed by atoms with van der Waals surface area (Å²) in [5.41, 5.74) is -0.324. The molecule has 7 heteroatoms. The topological polar surface area (TPSA) is 46.6 Å². The van der Waals surface area contributed by atoms with Crippen molar-refractivity contribution in [2.24, 2.45) is 5.92 Å². The van der Waals surface area contributed by atoms with Gasteiger partial charge in [0.15, 0.2) is 6.61 Å². The van der Waals surface area contributed by atoms with E-state index >= 15 is 0 Å². The van der Waals surface area contributed by atoms with Gasteiger partial charge in [-0.15, -0.1) is 0 Å². The lowest BCUT2D eigenvalue weighted by Crippen LogP contribution is -2.41. The minimum Gasteiger partial charge on any atom is -0.452 e. The Kier molecular flexibility index (Phi) is 6.22. The van der Waals surface area contributed by atoms with Gasteiger partial charge in [0, 0.05) is 19.2 Å². The Hall–Kier alpha value is -2.31. The molecule has 0 N–H and O–H groups in total. The molecular formula is C18H20F3NO3. The van der Waals surface area contributed by atoms with E-state index in [4.69, 9.17) is 4.74 Å². The van der Waals surface area contributed by atoms with Gasteiger partial charge in [-0.3, -0.25) is 4.79 Å². The summed E-state index contributed by atoms with van der Waals surface area (Å²) >= 11 is 0. The Balaban J connectivity index is 1.81. The number of carbonyl (C=O) groups is 2. The lowest BCUT2D eigenvalue weighted by Gasteiger charge is -2.30. The van der Waals surface area contributed by atoms with Crippen molar-refractivity contribution in [3.8, 4) is 0 Å². The van der Waals surface area contributed by atoms with Crippen molar-refractivity contribution in [2.45, 2.75) is 25.9 Å². The Labute approximate surface area is 144 Å². The summed E-state index contributed by atoms with van der Waals surface area (Å²) in [6.45, 7) is 3.07. The number of esters is 1. The van der Waals surface area contributed by atoms with Crippen LogP contribution in [0.4, 0.5) is 13.2 Å². The van der Waals surface area contributed by atoms with E-state index in [1.54, 1.807) is 4.90 Å². The summed E-state index contributed by atoms with van der Waals surface area (Å²) < 4.78 is 42.3. The lowest BCUT2D eigenvalue weighted by molar-refractivity contribution is -0.149. The number of hydrogen-bond donors (Lipinski definition) is 0. The number of halogens is 3. The summed E-state index contributed by atoms with van der Waals surface area (Å²) in [5, 5.41) is 0. The minimum atomic E-state index is -4.40. The quantitative estimate of drug-likeness (QED) is 0.613. The average molecular weight is 355 g/mol. The molecule has 25 heavy (non-hydrogen) atoms. The molecular weight excluding hydrogens is 335 g/mol. The first-order valence-electron chi connectivity index (χ1n) is 8.05. The van der Waals surface area contributed by atoms with Crippen molar-refractivity contribution >= 4 is 18.0 Å². The lowest BCUT2D eigenvalue weighted by atomic mass is 10.0. The second-order valence-electron chi connectivity index (χ2n) is 6.15. The van der Waals surface area contributed by atoms with E-state index in [1.807, 2.05) is 0 Å². The highest BCUT2D eigenvalue weighted by molar-refractivity contribution is 5.89. The Morgan fingerprint density at radius 1 is 1.28 bits per heavy atom. The zero-order chi connectivity index (χ0) is 18.4. The van der Waals surface area contributed by atoms with Crippen LogP contribution >= 0.6 is 0 Å². The van der Waals surface area contributed by atoms with Crippen molar-refractivity contribution in [3.63, 3.8) is 0 Å². The molecule has 1 amide bonds. The second kappa shape index (κ2) is 8.18. The molecule has 1 aromatic rings. The first-order chi connectivity index (χ1) is 11.8. The van der Waals surface area contributed by atoms with Crippen LogP contribution in [0, 0.1) is 5.92 Å². The number of likely N-dealkylation sites (tertiary alicyclic amines) is 1. The molecule has 1 atom stereocenters. The van der Waals surface area contributed by atoms with Gasteiger partial charge in [-0.1, -0.05) is 19.1 Å². The molecule has 1 aliphatic rings. The van der Waals surface area contributed by atoms with E-state index in [0.717, 1.165) is 31.1 Å². The molecule has 1 heterocycles. The van der Waals surface area contributed by atoms with Crippen LogP contribution in [-0.2, 0) is 20.5 Å². The third-order valence-corrected chi connectivity index (χ3v) is 4.00. The normalized spacial score (nSPS) is 18.4. The highest BCUT2D eigenvalue weighted by atomic mass is 19.4. The van der Waals surface area contributed by atoms with Crippen LogP contribution in [0.1, 0.15) is 30.9 Å². The molecule has 0 unspecified atom stereocenters. The first kappa shape index (κ1) is 19.0. The molecule has 0 spiro atoms. The molecule has 1 aromatic carbocycles. The van der Waals surface area contributed by atoms with Crippen molar-refractivity contribution < 1.29 is 27.5 Å². The van der Waals surface area contributed by atoms with Crippen LogP contribution in [0.2, 0.25) is 0 Å². The summed E-state index contributed by atoms with van der Waals surface area (Å²) in [4.78, 5) is 25.3. The van der Waals surface area contributed by atoms with E-state index in [1.165, 1.54) is 18.2 Å². The third kappa shape index (κ3) is 5.92. The van der Waals surface area contributed by atoms with Gasteiger partial charge in [-0.05, 0) is 42.5 Å². The average Bonchev–Trinajstić information content (AvgIpc) is 2.57. The minimum absolute atomic E-state index is 0.233. The van der Waals surface area contributed by atoms with Crippen LogP contribution < -0.4 is 0 Å². The van der Waals surface area contributed by atoms with Crippen LogP contribution in [-0.4, -0.2) is 36.5 Å². The summed E-state index contributed by atoms with van der Waals surface area (Å²) in [7, 11) is 0. The standard InChI is InChI=1S/C18H20F3NO3/c1-13-3-2-10-22(11-13)16(23)12-25-17(24)9-6-14-4-7-15(8-5-14)18(19,20)21/h4-9,13H,2-3,10-12H2,1H3/b9-6+/t13-/m1/s1. The molecule has 1 saturated heterocycles. The highest BCUT2D eigenvalue weighted by Crippen LogP contribution is 2.29. The number of amides is 1. The maximum Gasteiger partial charge on any atom is 0.416 e. The van der Waals surface area contributed by atoms with Gasteiger partial charge in [0.05, 0.1) is 5.56 Å². The molecule has 4 nitrogen and oxygen atoms in total. The van der Waals surface area contributed by atoms with E-state index in [2.05, 4.69) is 6.92 Å². The highest BCUT2D eigenvalue weighted by Gasteiger charge is 2.29. The molecule has 2 rings (SSSR count). The monoisotopic (exact) mass is 355 g/mol. The molecule has 1 aliphatic heterocycles. The number of carbonyl (C=O) groups excluding carboxylic acids is 2. The van der Waals surface area contributed by atoms with Crippen LogP contribution in [0.25, 0.3) is 6.08 Å². The van der Waals surface area contributed by atoms with Gasteiger partial charge in [-0.25, -0.2) is 4.79 Å². The number of nitrogens with zero attached hydrogens (tertiary/aromatic N) is 1. The number of alkyl halides is 3. The van der Waals surface area contributed by atoms with Gasteiger partial charge in [0.25, 0.3) is 5.91 Å².